The van der Waals surface area contributed by atoms with Gasteiger partial charge in [0.25, 0.3) is 5.91 Å². The molecule has 0 spiro atoms. The summed E-state index contributed by atoms with van der Waals surface area (Å²) in [5, 5.41) is 12.4. The predicted octanol–water partition coefficient (Wildman–Crippen LogP) is 0.739. The summed E-state index contributed by atoms with van der Waals surface area (Å²) in [6, 6.07) is 12.0. The lowest BCUT2D eigenvalue weighted by molar-refractivity contribution is 0.102. The molecular formula is C14H13BN2O3. The Morgan fingerprint density at radius 1 is 1.25 bits per heavy atom. The molecule has 1 amide bonds. The Bertz CT molecular complexity index is 658. The normalized spacial score (nSPS) is 13.2. The predicted molar refractivity (Wildman–Crippen MR) is 77.6 cm³/mol. The van der Waals surface area contributed by atoms with Crippen molar-refractivity contribution in [3.8, 4) is 0 Å². The Morgan fingerprint density at radius 2 is 2.00 bits per heavy atom. The van der Waals surface area contributed by atoms with E-state index in [4.69, 9.17) is 10.4 Å². The van der Waals surface area contributed by atoms with Crippen LogP contribution in [0.15, 0.2) is 42.5 Å². The Hall–Kier alpha value is -2.31. The number of carbonyl (C=O) groups excluding carboxylic acids is 1. The van der Waals surface area contributed by atoms with Gasteiger partial charge in [0.1, 0.15) is 0 Å². The quantitative estimate of drug-likeness (QED) is 0.554. The molecule has 0 bridgehead atoms. The fraction of sp³-hybridized carbons (Fsp3) is 0.0714. The largest absolute Gasteiger partial charge is 0.491 e. The van der Waals surface area contributed by atoms with Gasteiger partial charge < -0.3 is 20.7 Å². The molecule has 2 aromatic rings. The van der Waals surface area contributed by atoms with Crippen molar-refractivity contribution in [1.29, 1.82) is 0 Å². The fourth-order valence-corrected chi connectivity index (χ4v) is 2.13. The zero-order valence-corrected chi connectivity index (χ0v) is 10.7. The van der Waals surface area contributed by atoms with Crippen molar-refractivity contribution < 1.29 is 14.5 Å². The third-order valence-corrected chi connectivity index (χ3v) is 3.24. The zero-order chi connectivity index (χ0) is 14.1. The van der Waals surface area contributed by atoms with E-state index in [0.717, 1.165) is 5.56 Å². The molecule has 1 heterocycles. The summed E-state index contributed by atoms with van der Waals surface area (Å²) in [6.45, 7) is 0.392. The first-order valence-electron chi connectivity index (χ1n) is 6.23. The minimum Gasteiger partial charge on any atom is -0.423 e. The van der Waals surface area contributed by atoms with Crippen molar-refractivity contribution in [3.05, 3.63) is 53.6 Å². The smallest absolute Gasteiger partial charge is 0.423 e. The van der Waals surface area contributed by atoms with E-state index >= 15 is 0 Å². The average molecular weight is 268 g/mol. The Morgan fingerprint density at radius 3 is 2.75 bits per heavy atom. The van der Waals surface area contributed by atoms with Gasteiger partial charge in [-0.05, 0) is 47.4 Å². The van der Waals surface area contributed by atoms with Crippen LogP contribution >= 0.6 is 0 Å². The molecule has 2 aromatic carbocycles. The number of hydrogen-bond donors (Lipinski definition) is 3. The van der Waals surface area contributed by atoms with Crippen molar-refractivity contribution in [1.82, 2.24) is 0 Å². The van der Waals surface area contributed by atoms with E-state index < -0.39 is 7.12 Å². The number of nitrogens with two attached hydrogens (primary N) is 1. The molecule has 0 saturated heterocycles. The van der Waals surface area contributed by atoms with Crippen molar-refractivity contribution in [2.45, 2.75) is 6.61 Å². The van der Waals surface area contributed by atoms with Gasteiger partial charge in [-0.2, -0.15) is 0 Å². The number of carbonyl (C=O) groups is 1. The molecule has 0 aliphatic carbocycles. The minimum absolute atomic E-state index is 0.224. The van der Waals surface area contributed by atoms with Gasteiger partial charge in [-0.1, -0.05) is 6.07 Å². The highest BCUT2D eigenvalue weighted by Gasteiger charge is 2.27. The highest BCUT2D eigenvalue weighted by Crippen LogP contribution is 2.15. The first-order valence-corrected chi connectivity index (χ1v) is 6.23. The van der Waals surface area contributed by atoms with Gasteiger partial charge in [0.05, 0.1) is 6.61 Å². The fourth-order valence-electron chi connectivity index (χ4n) is 2.13. The molecule has 5 nitrogen and oxygen atoms in total. The molecule has 0 radical (unpaired) electrons. The van der Waals surface area contributed by atoms with E-state index in [9.17, 15) is 9.82 Å². The van der Waals surface area contributed by atoms with Crippen LogP contribution in [0.4, 0.5) is 11.4 Å². The summed E-state index contributed by atoms with van der Waals surface area (Å²) < 4.78 is 5.11. The maximum Gasteiger partial charge on any atom is 0.491 e. The van der Waals surface area contributed by atoms with Crippen LogP contribution in [0.3, 0.4) is 0 Å². The van der Waals surface area contributed by atoms with Gasteiger partial charge in [0.15, 0.2) is 0 Å². The number of nitrogen functional groups attached to an aromatic ring is 1. The van der Waals surface area contributed by atoms with Gasteiger partial charge in [-0.15, -0.1) is 0 Å². The Kier molecular flexibility index (Phi) is 3.18. The van der Waals surface area contributed by atoms with Crippen molar-refractivity contribution in [3.63, 3.8) is 0 Å². The molecule has 3 rings (SSSR count). The number of rotatable bonds is 2. The van der Waals surface area contributed by atoms with Crippen LogP contribution in [0.5, 0.6) is 0 Å². The van der Waals surface area contributed by atoms with Crippen molar-refractivity contribution in [2.24, 2.45) is 0 Å². The third kappa shape index (κ3) is 2.39. The first-order chi connectivity index (χ1) is 9.63. The lowest BCUT2D eigenvalue weighted by atomic mass is 9.79. The van der Waals surface area contributed by atoms with Gasteiger partial charge in [-0.25, -0.2) is 0 Å². The second-order valence-corrected chi connectivity index (χ2v) is 4.65. The summed E-state index contributed by atoms with van der Waals surface area (Å²) in [4.78, 5) is 12.1. The van der Waals surface area contributed by atoms with Crippen LogP contribution in [0.25, 0.3) is 0 Å². The SMILES string of the molecule is Nc1ccc(C(=O)Nc2ccc3c(c2)B(O)OC3)cc1. The standard InChI is InChI=1S/C14H13BN2O3/c16-11-4-1-9(2-5-11)14(18)17-12-6-3-10-8-20-15(19)13(10)7-12/h1-7,19H,8,16H2,(H,17,18). The number of benzene rings is 2. The second kappa shape index (κ2) is 4.99. The summed E-state index contributed by atoms with van der Waals surface area (Å²) in [6.07, 6.45) is 0. The molecule has 0 atom stereocenters. The van der Waals surface area contributed by atoms with Gasteiger partial charge in [0, 0.05) is 16.9 Å². The topological polar surface area (TPSA) is 84.6 Å². The number of fused-ring (bicyclic) bond motifs is 1. The Labute approximate surface area is 116 Å². The molecule has 1 aliphatic rings. The molecule has 4 N–H and O–H groups in total. The molecule has 0 unspecified atom stereocenters. The summed E-state index contributed by atoms with van der Waals surface area (Å²) in [7, 11) is -0.918. The van der Waals surface area contributed by atoms with Crippen LogP contribution in [0, 0.1) is 0 Å². The second-order valence-electron chi connectivity index (χ2n) is 4.65. The highest BCUT2D eigenvalue weighted by atomic mass is 16.5. The van der Waals surface area contributed by atoms with E-state index in [-0.39, 0.29) is 5.91 Å². The molecule has 1 aliphatic heterocycles. The van der Waals surface area contributed by atoms with Crippen LogP contribution in [-0.4, -0.2) is 18.0 Å². The lowest BCUT2D eigenvalue weighted by Crippen LogP contribution is -2.28. The molecule has 6 heteroatoms. The highest BCUT2D eigenvalue weighted by molar-refractivity contribution is 6.61. The maximum absolute atomic E-state index is 12.1. The number of amides is 1. The van der Waals surface area contributed by atoms with Crippen LogP contribution < -0.4 is 16.5 Å². The molecule has 0 aromatic heterocycles. The van der Waals surface area contributed by atoms with E-state index in [1.54, 1.807) is 36.4 Å². The van der Waals surface area contributed by atoms with E-state index in [0.29, 0.717) is 29.0 Å². The van der Waals surface area contributed by atoms with Crippen molar-refractivity contribution >= 4 is 29.9 Å². The zero-order valence-electron chi connectivity index (χ0n) is 10.7. The van der Waals surface area contributed by atoms with Crippen LogP contribution in [0.2, 0.25) is 0 Å². The molecule has 0 saturated carbocycles. The van der Waals surface area contributed by atoms with Crippen LogP contribution in [-0.2, 0) is 11.3 Å². The molecular weight excluding hydrogens is 255 g/mol. The van der Waals surface area contributed by atoms with E-state index in [1.807, 2.05) is 6.07 Å². The van der Waals surface area contributed by atoms with Gasteiger partial charge >= 0.3 is 7.12 Å². The average Bonchev–Trinajstić information content (AvgIpc) is 2.81. The number of nitrogens with one attached hydrogen (secondary N) is 1. The minimum atomic E-state index is -0.918. The van der Waals surface area contributed by atoms with Crippen molar-refractivity contribution in [2.75, 3.05) is 11.1 Å². The Balaban J connectivity index is 1.79. The van der Waals surface area contributed by atoms with E-state index in [2.05, 4.69) is 5.32 Å². The summed E-state index contributed by atoms with van der Waals surface area (Å²) in [5.74, 6) is -0.224. The van der Waals surface area contributed by atoms with Gasteiger partial charge in [-0.3, -0.25) is 4.79 Å². The number of hydrogen-bond acceptors (Lipinski definition) is 4. The van der Waals surface area contributed by atoms with Crippen LogP contribution in [0.1, 0.15) is 15.9 Å². The van der Waals surface area contributed by atoms with E-state index in [1.165, 1.54) is 0 Å². The lowest BCUT2D eigenvalue weighted by Gasteiger charge is -2.07. The molecule has 100 valence electrons. The summed E-state index contributed by atoms with van der Waals surface area (Å²) >= 11 is 0. The monoisotopic (exact) mass is 268 g/mol. The van der Waals surface area contributed by atoms with Gasteiger partial charge in [0.2, 0.25) is 0 Å². The number of anilines is 2. The first kappa shape index (κ1) is 12.7. The molecule has 20 heavy (non-hydrogen) atoms. The summed E-state index contributed by atoms with van der Waals surface area (Å²) in [5.41, 5.74) is 8.97. The maximum atomic E-state index is 12.1. The molecule has 0 fully saturated rings. The third-order valence-electron chi connectivity index (χ3n) is 3.24.